The second-order valence-electron chi connectivity index (χ2n) is 5.77. The third-order valence-electron chi connectivity index (χ3n) is 4.92. The molecular weight excluding hydrogens is 320 g/mol. The van der Waals surface area contributed by atoms with Crippen LogP contribution >= 0.6 is 15.9 Å². The molecule has 1 unspecified atom stereocenters. The second kappa shape index (κ2) is 5.45. The third-order valence-corrected chi connectivity index (χ3v) is 5.39. The number of fused-ring (bicyclic) bond motifs is 2. The first-order chi connectivity index (χ1) is 9.61. The summed E-state index contributed by atoms with van der Waals surface area (Å²) in [5.41, 5.74) is 1.15. The summed E-state index contributed by atoms with van der Waals surface area (Å²) < 4.78 is 5.89. The van der Waals surface area contributed by atoms with Crippen molar-refractivity contribution in [3.05, 3.63) is 28.5 Å². The SMILES string of the molecule is COC(=O)[C@@H]1C2CC[C@H](C[C@@H]1c1ccc(Br)nc1)N2C. The molecule has 2 saturated heterocycles. The van der Waals surface area contributed by atoms with E-state index in [1.165, 1.54) is 13.5 Å². The van der Waals surface area contributed by atoms with E-state index < -0.39 is 0 Å². The Bertz CT molecular complexity index is 505. The molecule has 2 aliphatic heterocycles. The van der Waals surface area contributed by atoms with E-state index in [1.807, 2.05) is 12.3 Å². The Morgan fingerprint density at radius 2 is 2.25 bits per heavy atom. The van der Waals surface area contributed by atoms with Gasteiger partial charge in [-0.3, -0.25) is 9.69 Å². The number of methoxy groups -OCH3 is 1. The quantitative estimate of drug-likeness (QED) is 0.614. The molecular formula is C15H19BrN2O2. The molecule has 0 radical (unpaired) electrons. The molecule has 0 aliphatic carbocycles. The van der Waals surface area contributed by atoms with Gasteiger partial charge in [-0.15, -0.1) is 0 Å². The highest BCUT2D eigenvalue weighted by Gasteiger charge is 2.49. The lowest BCUT2D eigenvalue weighted by Crippen LogP contribution is -2.49. The summed E-state index contributed by atoms with van der Waals surface area (Å²) in [4.78, 5) is 19.0. The number of piperidine rings is 1. The fourth-order valence-corrected chi connectivity index (χ4v) is 4.11. The van der Waals surface area contributed by atoms with E-state index in [-0.39, 0.29) is 17.8 Å². The van der Waals surface area contributed by atoms with E-state index in [0.29, 0.717) is 12.1 Å². The fourth-order valence-electron chi connectivity index (χ4n) is 3.87. The van der Waals surface area contributed by atoms with Gasteiger partial charge < -0.3 is 4.74 Å². The molecule has 108 valence electrons. The number of pyridine rings is 1. The first kappa shape index (κ1) is 14.0. The first-order valence-electron chi connectivity index (χ1n) is 7.03. The van der Waals surface area contributed by atoms with Crippen molar-refractivity contribution in [1.82, 2.24) is 9.88 Å². The van der Waals surface area contributed by atoms with Gasteiger partial charge in [0.15, 0.2) is 0 Å². The third kappa shape index (κ3) is 2.27. The standard InChI is InChI=1S/C15H19BrN2O2/c1-18-10-4-5-12(18)14(15(19)20-2)11(7-10)9-3-6-13(16)17-8-9/h3,6,8,10-12,14H,4-5,7H2,1-2H3/t10-,11-,12?,14+/m1/s1. The lowest BCUT2D eigenvalue weighted by molar-refractivity contribution is -0.150. The van der Waals surface area contributed by atoms with Crippen molar-refractivity contribution >= 4 is 21.9 Å². The number of ether oxygens (including phenoxy) is 1. The first-order valence-corrected chi connectivity index (χ1v) is 7.82. The minimum absolute atomic E-state index is 0.0771. The minimum Gasteiger partial charge on any atom is -0.469 e. The van der Waals surface area contributed by atoms with Crippen LogP contribution in [0.5, 0.6) is 0 Å². The average molecular weight is 339 g/mol. The maximum Gasteiger partial charge on any atom is 0.310 e. The highest BCUT2D eigenvalue weighted by atomic mass is 79.9. The molecule has 1 aromatic heterocycles. The maximum absolute atomic E-state index is 12.3. The average Bonchev–Trinajstić information content (AvgIpc) is 2.70. The van der Waals surface area contributed by atoms with Gasteiger partial charge in [0.05, 0.1) is 13.0 Å². The van der Waals surface area contributed by atoms with Gasteiger partial charge in [-0.05, 0) is 53.9 Å². The summed E-state index contributed by atoms with van der Waals surface area (Å²) in [6.45, 7) is 0. The number of esters is 1. The van der Waals surface area contributed by atoms with Crippen molar-refractivity contribution in [2.75, 3.05) is 14.2 Å². The van der Waals surface area contributed by atoms with Crippen molar-refractivity contribution < 1.29 is 9.53 Å². The molecule has 20 heavy (non-hydrogen) atoms. The number of hydrogen-bond donors (Lipinski definition) is 0. The maximum atomic E-state index is 12.3. The van der Waals surface area contributed by atoms with E-state index in [9.17, 15) is 4.79 Å². The predicted molar refractivity (Wildman–Crippen MR) is 79.4 cm³/mol. The summed E-state index contributed by atoms with van der Waals surface area (Å²) in [5.74, 6) is 0.0543. The molecule has 0 saturated carbocycles. The van der Waals surface area contributed by atoms with Crippen molar-refractivity contribution in [2.24, 2.45) is 5.92 Å². The van der Waals surface area contributed by atoms with Crippen LogP contribution in [0.3, 0.4) is 0 Å². The topological polar surface area (TPSA) is 42.4 Å². The van der Waals surface area contributed by atoms with Gasteiger partial charge in [0, 0.05) is 24.2 Å². The molecule has 0 spiro atoms. The van der Waals surface area contributed by atoms with Crippen LogP contribution < -0.4 is 0 Å². The number of carbonyl (C=O) groups excluding carboxylic acids is 1. The van der Waals surface area contributed by atoms with Crippen LogP contribution in [0.4, 0.5) is 0 Å². The molecule has 0 amide bonds. The lowest BCUT2D eigenvalue weighted by Gasteiger charge is -2.41. The van der Waals surface area contributed by atoms with E-state index in [1.54, 1.807) is 0 Å². The molecule has 2 aliphatic rings. The molecule has 2 fully saturated rings. The van der Waals surface area contributed by atoms with Crippen LogP contribution in [0.2, 0.25) is 0 Å². The minimum atomic E-state index is -0.0879. The molecule has 5 heteroatoms. The number of hydrogen-bond acceptors (Lipinski definition) is 4. The van der Waals surface area contributed by atoms with Crippen LogP contribution in [0.15, 0.2) is 22.9 Å². The van der Waals surface area contributed by atoms with Gasteiger partial charge in [0.2, 0.25) is 0 Å². The van der Waals surface area contributed by atoms with E-state index in [4.69, 9.17) is 4.74 Å². The second-order valence-corrected chi connectivity index (χ2v) is 6.58. The number of carbonyl (C=O) groups is 1. The van der Waals surface area contributed by atoms with E-state index >= 15 is 0 Å². The highest BCUT2D eigenvalue weighted by molar-refractivity contribution is 9.10. The number of rotatable bonds is 2. The van der Waals surface area contributed by atoms with Gasteiger partial charge in [0.1, 0.15) is 4.60 Å². The van der Waals surface area contributed by atoms with Crippen LogP contribution in [-0.2, 0) is 9.53 Å². The molecule has 1 aromatic rings. The van der Waals surface area contributed by atoms with Gasteiger partial charge in [0.25, 0.3) is 0 Å². The predicted octanol–water partition coefficient (Wildman–Crippen LogP) is 2.58. The normalized spacial score (nSPS) is 33.1. The summed E-state index contributed by atoms with van der Waals surface area (Å²) in [7, 11) is 3.62. The molecule has 0 aromatic carbocycles. The van der Waals surface area contributed by atoms with Gasteiger partial charge in [-0.1, -0.05) is 6.07 Å². The van der Waals surface area contributed by atoms with E-state index in [0.717, 1.165) is 23.0 Å². The largest absolute Gasteiger partial charge is 0.469 e. The zero-order valence-electron chi connectivity index (χ0n) is 11.8. The van der Waals surface area contributed by atoms with Gasteiger partial charge in [-0.2, -0.15) is 0 Å². The zero-order valence-corrected chi connectivity index (χ0v) is 13.3. The highest BCUT2D eigenvalue weighted by Crippen LogP contribution is 2.46. The Kier molecular flexibility index (Phi) is 3.82. The fraction of sp³-hybridized carbons (Fsp3) is 0.600. The molecule has 3 rings (SSSR count). The van der Waals surface area contributed by atoms with Crippen molar-refractivity contribution in [3.63, 3.8) is 0 Å². The lowest BCUT2D eigenvalue weighted by atomic mass is 9.76. The molecule has 4 nitrogen and oxygen atoms in total. The number of nitrogens with zero attached hydrogens (tertiary/aromatic N) is 2. The summed E-state index contributed by atoms with van der Waals surface area (Å²) in [6.07, 6.45) is 5.15. The summed E-state index contributed by atoms with van der Waals surface area (Å²) >= 11 is 3.36. The van der Waals surface area contributed by atoms with Crippen molar-refractivity contribution in [1.29, 1.82) is 0 Å². The zero-order chi connectivity index (χ0) is 14.3. The van der Waals surface area contributed by atoms with Gasteiger partial charge in [-0.25, -0.2) is 4.98 Å². The van der Waals surface area contributed by atoms with Crippen LogP contribution in [0.25, 0.3) is 0 Å². The number of aromatic nitrogens is 1. The number of halogens is 1. The van der Waals surface area contributed by atoms with Crippen molar-refractivity contribution in [2.45, 2.75) is 37.3 Å². The Labute approximate surface area is 127 Å². The molecule has 3 heterocycles. The van der Waals surface area contributed by atoms with Crippen LogP contribution in [0.1, 0.15) is 30.7 Å². The van der Waals surface area contributed by atoms with Crippen LogP contribution in [0, 0.1) is 5.92 Å². The Morgan fingerprint density at radius 3 is 2.90 bits per heavy atom. The van der Waals surface area contributed by atoms with Gasteiger partial charge >= 0.3 is 5.97 Å². The summed E-state index contributed by atoms with van der Waals surface area (Å²) in [6, 6.07) is 4.90. The monoisotopic (exact) mass is 338 g/mol. The Hall–Kier alpha value is -0.940. The van der Waals surface area contributed by atoms with E-state index in [2.05, 4.69) is 38.9 Å². The van der Waals surface area contributed by atoms with Crippen molar-refractivity contribution in [3.8, 4) is 0 Å². The Morgan fingerprint density at radius 1 is 1.45 bits per heavy atom. The smallest absolute Gasteiger partial charge is 0.310 e. The molecule has 2 bridgehead atoms. The molecule has 4 atom stereocenters. The molecule has 0 N–H and O–H groups in total. The Balaban J connectivity index is 1.95. The van der Waals surface area contributed by atoms with Crippen LogP contribution in [-0.4, -0.2) is 42.1 Å². The summed E-state index contributed by atoms with van der Waals surface area (Å²) in [5, 5.41) is 0.